The molecule has 0 aromatic rings. The summed E-state index contributed by atoms with van der Waals surface area (Å²) >= 11 is 1.33. The first-order valence-electron chi connectivity index (χ1n) is 1.32. The lowest BCUT2D eigenvalue weighted by Crippen LogP contribution is -2.22. The minimum Gasteiger partial charge on any atom is -0.465 e. The summed E-state index contributed by atoms with van der Waals surface area (Å²) in [6.45, 7) is 0. The van der Waals surface area contributed by atoms with Crippen LogP contribution in [0.2, 0.25) is 0 Å². The van der Waals surface area contributed by atoms with Gasteiger partial charge in [-0.05, 0) is 0 Å². The minimum absolute atomic E-state index is 0.592. The van der Waals surface area contributed by atoms with Crippen LogP contribution in [0.1, 0.15) is 0 Å². The van der Waals surface area contributed by atoms with Gasteiger partial charge in [0.25, 0.3) is 3.91 Å². The quantitative estimate of drug-likeness (QED) is 0.357. The smallest absolute Gasteiger partial charge is 0.411 e. The third-order valence-electron chi connectivity index (χ3n) is 0.205. The average Bonchev–Trinajstić information content (AvgIpc) is 1.27. The lowest BCUT2D eigenvalue weighted by molar-refractivity contribution is 0.196. The molecule has 5 heteroatoms. The Hall–Kier alpha value is -0.330. The number of imide groups is 1. The van der Waals surface area contributed by atoms with Gasteiger partial charge in [0, 0.05) is 22.6 Å². The van der Waals surface area contributed by atoms with E-state index in [0.29, 0.717) is 0 Å². The van der Waals surface area contributed by atoms with E-state index >= 15 is 0 Å². The monoisotopic (exact) mass is 215 g/mol. The van der Waals surface area contributed by atoms with E-state index in [4.69, 9.17) is 5.11 Å². The summed E-state index contributed by atoms with van der Waals surface area (Å²) in [5.74, 6) is 0. The van der Waals surface area contributed by atoms with Crippen molar-refractivity contribution in [1.29, 1.82) is 0 Å². The highest BCUT2D eigenvalue weighted by atomic mass is 127. The van der Waals surface area contributed by atoms with E-state index in [9.17, 15) is 9.59 Å². The van der Waals surface area contributed by atoms with Crippen molar-refractivity contribution in [1.82, 2.24) is 5.32 Å². The van der Waals surface area contributed by atoms with Crippen molar-refractivity contribution < 1.29 is 14.7 Å². The fourth-order valence-electron chi connectivity index (χ4n) is 0.0841. The van der Waals surface area contributed by atoms with Crippen LogP contribution in [-0.4, -0.2) is 15.1 Å². The number of carbonyl (C=O) groups is 2. The number of hydrogen-bond donors (Lipinski definition) is 2. The normalized spacial score (nSPS) is 7.57. The third kappa shape index (κ3) is 5.67. The summed E-state index contributed by atoms with van der Waals surface area (Å²) < 4.78 is -0.592. The molecule has 40 valence electrons. The first-order chi connectivity index (χ1) is 3.13. The predicted octanol–water partition coefficient (Wildman–Crippen LogP) is 0.809. The van der Waals surface area contributed by atoms with E-state index in [-0.39, 0.29) is 0 Å². The van der Waals surface area contributed by atoms with Crippen LogP contribution < -0.4 is 5.32 Å². The van der Waals surface area contributed by atoms with Crippen molar-refractivity contribution in [2.24, 2.45) is 0 Å². The molecule has 0 rings (SSSR count). The molecule has 4 nitrogen and oxygen atoms in total. The second-order valence-electron chi connectivity index (χ2n) is 0.704. The summed E-state index contributed by atoms with van der Waals surface area (Å²) in [5.41, 5.74) is 0. The molecule has 0 saturated carbocycles. The van der Waals surface area contributed by atoms with Crippen LogP contribution in [0.25, 0.3) is 0 Å². The highest BCUT2D eigenvalue weighted by molar-refractivity contribution is 14.1. The first kappa shape index (κ1) is 6.67. The standard InChI is InChI=1S/C2H2INO3/c3-1(5)4-2(6)7/h(H,4,5)(H,6,7). The van der Waals surface area contributed by atoms with Gasteiger partial charge in [-0.3, -0.25) is 10.1 Å². The Kier molecular flexibility index (Phi) is 2.65. The van der Waals surface area contributed by atoms with Crippen molar-refractivity contribution in [3.05, 3.63) is 0 Å². The zero-order valence-electron chi connectivity index (χ0n) is 3.14. The zero-order chi connectivity index (χ0) is 5.86. The van der Waals surface area contributed by atoms with Crippen molar-refractivity contribution in [3.8, 4) is 0 Å². The Labute approximate surface area is 53.0 Å². The molecule has 7 heavy (non-hydrogen) atoms. The summed E-state index contributed by atoms with van der Waals surface area (Å²) in [6, 6.07) is 0. The zero-order valence-corrected chi connectivity index (χ0v) is 5.30. The summed E-state index contributed by atoms with van der Waals surface area (Å²) in [6.07, 6.45) is -1.32. The van der Waals surface area contributed by atoms with Gasteiger partial charge < -0.3 is 5.11 Å². The van der Waals surface area contributed by atoms with Crippen molar-refractivity contribution in [3.63, 3.8) is 0 Å². The molecule has 0 aliphatic carbocycles. The van der Waals surface area contributed by atoms with Gasteiger partial charge >= 0.3 is 6.09 Å². The van der Waals surface area contributed by atoms with E-state index in [1.807, 2.05) is 0 Å². The SMILES string of the molecule is O=C(O)NC(=O)I. The molecule has 0 aromatic carbocycles. The maximum atomic E-state index is 9.75. The molecule has 0 radical (unpaired) electrons. The van der Waals surface area contributed by atoms with E-state index in [0.717, 1.165) is 0 Å². The second-order valence-corrected chi connectivity index (χ2v) is 1.68. The van der Waals surface area contributed by atoms with Gasteiger partial charge in [-0.15, -0.1) is 0 Å². The fraction of sp³-hybridized carbons (Fsp3) is 0. The summed E-state index contributed by atoms with van der Waals surface area (Å²) in [7, 11) is 0. The molecule has 0 atom stereocenters. The predicted molar refractivity (Wildman–Crippen MR) is 30.6 cm³/mol. The van der Waals surface area contributed by atoms with Gasteiger partial charge in [0.1, 0.15) is 0 Å². The van der Waals surface area contributed by atoms with Gasteiger partial charge in [0.2, 0.25) is 0 Å². The molecular weight excluding hydrogens is 213 g/mol. The number of rotatable bonds is 0. The fourth-order valence-corrected chi connectivity index (χ4v) is 0.315. The molecule has 0 spiro atoms. The third-order valence-corrected chi connectivity index (χ3v) is 0.475. The Balaban J connectivity index is 3.32. The number of carbonyl (C=O) groups excluding carboxylic acids is 1. The Morgan fingerprint density at radius 1 is 1.57 bits per heavy atom. The molecule has 0 aliphatic rings. The van der Waals surface area contributed by atoms with Crippen molar-refractivity contribution in [2.45, 2.75) is 0 Å². The molecule has 2 amide bonds. The molecule has 0 aromatic heterocycles. The van der Waals surface area contributed by atoms with Crippen LogP contribution in [0.15, 0.2) is 0 Å². The van der Waals surface area contributed by atoms with Crippen molar-refractivity contribution in [2.75, 3.05) is 0 Å². The molecule has 0 heterocycles. The Bertz CT molecular complexity index is 89.1. The van der Waals surface area contributed by atoms with Gasteiger partial charge in [0.15, 0.2) is 0 Å². The minimum atomic E-state index is -1.32. The van der Waals surface area contributed by atoms with Gasteiger partial charge in [-0.25, -0.2) is 4.79 Å². The molecule has 0 unspecified atom stereocenters. The average molecular weight is 215 g/mol. The topological polar surface area (TPSA) is 66.4 Å². The van der Waals surface area contributed by atoms with Crippen LogP contribution in [0, 0.1) is 0 Å². The van der Waals surface area contributed by atoms with E-state index in [2.05, 4.69) is 0 Å². The molecule has 0 fully saturated rings. The number of amides is 2. The number of nitrogens with one attached hydrogen (secondary N) is 1. The highest BCUT2D eigenvalue weighted by Gasteiger charge is 1.96. The molecule has 2 N–H and O–H groups in total. The maximum Gasteiger partial charge on any atom is 0.411 e. The first-order valence-corrected chi connectivity index (χ1v) is 2.40. The Morgan fingerprint density at radius 3 is 2.00 bits per heavy atom. The molecule has 0 saturated heterocycles. The van der Waals surface area contributed by atoms with Crippen LogP contribution >= 0.6 is 22.6 Å². The lowest BCUT2D eigenvalue weighted by atomic mass is 11.1. The van der Waals surface area contributed by atoms with Gasteiger partial charge in [-0.1, -0.05) is 0 Å². The number of hydrogen-bond acceptors (Lipinski definition) is 2. The van der Waals surface area contributed by atoms with Crippen LogP contribution in [0.3, 0.4) is 0 Å². The summed E-state index contributed by atoms with van der Waals surface area (Å²) in [5, 5.41) is 9.32. The van der Waals surface area contributed by atoms with E-state index in [1.165, 1.54) is 22.6 Å². The van der Waals surface area contributed by atoms with E-state index in [1.54, 1.807) is 5.32 Å². The van der Waals surface area contributed by atoms with Gasteiger partial charge in [-0.2, -0.15) is 0 Å². The van der Waals surface area contributed by atoms with Crippen LogP contribution in [0.4, 0.5) is 9.59 Å². The number of halogens is 1. The van der Waals surface area contributed by atoms with Crippen LogP contribution in [0.5, 0.6) is 0 Å². The maximum absolute atomic E-state index is 9.75. The van der Waals surface area contributed by atoms with Gasteiger partial charge in [0.05, 0.1) is 0 Å². The lowest BCUT2D eigenvalue weighted by Gasteiger charge is -1.84. The van der Waals surface area contributed by atoms with Crippen molar-refractivity contribution >= 4 is 32.6 Å². The van der Waals surface area contributed by atoms with Crippen LogP contribution in [-0.2, 0) is 0 Å². The van der Waals surface area contributed by atoms with E-state index < -0.39 is 10.0 Å². The highest BCUT2D eigenvalue weighted by Crippen LogP contribution is 1.80. The molecular formula is C2H2INO3. The number of carboxylic acid groups (broad SMARTS) is 1. The second kappa shape index (κ2) is 2.78. The summed E-state index contributed by atoms with van der Waals surface area (Å²) in [4.78, 5) is 19.2. The Morgan fingerprint density at radius 2 is 2.00 bits per heavy atom. The molecule has 0 aliphatic heterocycles. The molecule has 0 bridgehead atoms. The largest absolute Gasteiger partial charge is 0.465 e.